The molecular formula is C11H15FOS. The molecule has 0 bridgehead atoms. The van der Waals surface area contributed by atoms with Crippen LogP contribution in [0.4, 0.5) is 4.39 Å². The minimum atomic E-state index is -0.808. The van der Waals surface area contributed by atoms with Gasteiger partial charge in [-0.05, 0) is 36.8 Å². The van der Waals surface area contributed by atoms with E-state index >= 15 is 0 Å². The van der Waals surface area contributed by atoms with Crippen molar-refractivity contribution < 1.29 is 9.50 Å². The maximum atomic E-state index is 13.0. The molecule has 0 spiro atoms. The molecule has 3 heteroatoms. The molecule has 1 nitrogen and oxygen atoms in total. The Morgan fingerprint density at radius 2 is 2.43 bits per heavy atom. The van der Waals surface area contributed by atoms with Crippen LogP contribution in [0.3, 0.4) is 0 Å². The largest absolute Gasteiger partial charge is 0.392 e. The molecule has 0 radical (unpaired) electrons. The van der Waals surface area contributed by atoms with E-state index in [2.05, 4.69) is 6.07 Å². The van der Waals surface area contributed by atoms with Gasteiger partial charge in [0.1, 0.15) is 6.17 Å². The number of rotatable bonds is 3. The second-order valence-electron chi connectivity index (χ2n) is 4.46. The fraction of sp³-hybridized carbons (Fsp3) is 0.636. The van der Waals surface area contributed by atoms with Gasteiger partial charge < -0.3 is 5.11 Å². The first kappa shape index (κ1) is 10.1. The second kappa shape index (κ2) is 3.31. The van der Waals surface area contributed by atoms with Gasteiger partial charge in [-0.15, -0.1) is 11.3 Å². The normalized spacial score (nSPS) is 33.0. The summed E-state index contributed by atoms with van der Waals surface area (Å²) in [6.45, 7) is 3.86. The number of thiophene rings is 1. The lowest BCUT2D eigenvalue weighted by molar-refractivity contribution is 0.0877. The average Bonchev–Trinajstić information content (AvgIpc) is 2.56. The lowest BCUT2D eigenvalue weighted by atomic mass is 9.96. The summed E-state index contributed by atoms with van der Waals surface area (Å²) in [6, 6.07) is 2.06. The molecule has 0 saturated heterocycles. The molecule has 0 aromatic carbocycles. The number of halogens is 1. The molecule has 1 aliphatic rings. The highest BCUT2D eigenvalue weighted by molar-refractivity contribution is 7.10. The van der Waals surface area contributed by atoms with Crippen LogP contribution in [0, 0.1) is 12.3 Å². The Hall–Kier alpha value is -0.410. The van der Waals surface area contributed by atoms with Crippen LogP contribution in [0.25, 0.3) is 0 Å². The van der Waals surface area contributed by atoms with Crippen LogP contribution < -0.4 is 0 Å². The molecule has 0 amide bonds. The van der Waals surface area contributed by atoms with Crippen molar-refractivity contribution in [2.45, 2.75) is 39.0 Å². The van der Waals surface area contributed by atoms with Crippen LogP contribution in [0.15, 0.2) is 11.4 Å². The fourth-order valence-corrected chi connectivity index (χ4v) is 2.45. The zero-order valence-corrected chi connectivity index (χ0v) is 9.27. The highest BCUT2D eigenvalue weighted by Gasteiger charge is 2.55. The number of aryl methyl sites for hydroxylation is 1. The van der Waals surface area contributed by atoms with E-state index in [1.54, 1.807) is 11.3 Å². The second-order valence-corrected chi connectivity index (χ2v) is 5.58. The summed E-state index contributed by atoms with van der Waals surface area (Å²) in [5, 5.41) is 11.9. The summed E-state index contributed by atoms with van der Waals surface area (Å²) in [6.07, 6.45) is -0.248. The summed E-state index contributed by atoms with van der Waals surface area (Å²) < 4.78 is 13.0. The molecule has 3 unspecified atom stereocenters. The van der Waals surface area contributed by atoms with Crippen molar-refractivity contribution >= 4 is 11.3 Å². The Morgan fingerprint density at radius 3 is 2.86 bits per heavy atom. The quantitative estimate of drug-likeness (QED) is 0.820. The van der Waals surface area contributed by atoms with Crippen molar-refractivity contribution in [2.75, 3.05) is 0 Å². The maximum absolute atomic E-state index is 13.0. The Kier molecular flexibility index (Phi) is 2.40. The molecule has 1 heterocycles. The van der Waals surface area contributed by atoms with E-state index in [0.29, 0.717) is 12.8 Å². The molecule has 2 rings (SSSR count). The van der Waals surface area contributed by atoms with E-state index < -0.39 is 17.7 Å². The van der Waals surface area contributed by atoms with Crippen molar-refractivity contribution in [3.8, 4) is 0 Å². The molecule has 1 aromatic heterocycles. The highest BCUT2D eigenvalue weighted by atomic mass is 32.1. The molecule has 1 N–H and O–H groups in total. The van der Waals surface area contributed by atoms with Gasteiger partial charge in [-0.1, -0.05) is 6.92 Å². The first-order chi connectivity index (χ1) is 6.52. The molecule has 1 aliphatic carbocycles. The van der Waals surface area contributed by atoms with Crippen molar-refractivity contribution in [1.29, 1.82) is 0 Å². The van der Waals surface area contributed by atoms with Gasteiger partial charge in [-0.25, -0.2) is 4.39 Å². The maximum Gasteiger partial charge on any atom is 0.109 e. The van der Waals surface area contributed by atoms with Gasteiger partial charge in [0.15, 0.2) is 0 Å². The highest BCUT2D eigenvalue weighted by Crippen LogP contribution is 2.51. The van der Waals surface area contributed by atoms with Gasteiger partial charge in [0.25, 0.3) is 0 Å². The fourth-order valence-electron chi connectivity index (χ4n) is 1.73. The average molecular weight is 214 g/mol. The van der Waals surface area contributed by atoms with Crippen LogP contribution >= 0.6 is 11.3 Å². The summed E-state index contributed by atoms with van der Waals surface area (Å²) in [4.78, 5) is 1.24. The Labute approximate surface area is 87.6 Å². The van der Waals surface area contributed by atoms with Crippen LogP contribution in [-0.2, 0) is 6.42 Å². The smallest absolute Gasteiger partial charge is 0.109 e. The van der Waals surface area contributed by atoms with Crippen LogP contribution in [-0.4, -0.2) is 17.4 Å². The summed E-state index contributed by atoms with van der Waals surface area (Å²) in [5.74, 6) is 0. The Morgan fingerprint density at radius 1 is 1.79 bits per heavy atom. The SMILES string of the molecule is Cc1cc(CC(O)C2(C)CC2F)cs1. The van der Waals surface area contributed by atoms with E-state index in [0.717, 1.165) is 5.56 Å². The number of alkyl halides is 1. The summed E-state index contributed by atoms with van der Waals surface area (Å²) in [5.41, 5.74) is 0.649. The predicted molar refractivity (Wildman–Crippen MR) is 56.4 cm³/mol. The van der Waals surface area contributed by atoms with Gasteiger partial charge in [-0.3, -0.25) is 0 Å². The van der Waals surface area contributed by atoms with E-state index in [1.165, 1.54) is 4.88 Å². The zero-order chi connectivity index (χ0) is 10.3. The van der Waals surface area contributed by atoms with Crippen LogP contribution in [0.5, 0.6) is 0 Å². The third-order valence-electron chi connectivity index (χ3n) is 3.15. The molecule has 14 heavy (non-hydrogen) atoms. The van der Waals surface area contributed by atoms with Crippen LogP contribution in [0.2, 0.25) is 0 Å². The summed E-state index contributed by atoms with van der Waals surface area (Å²) in [7, 11) is 0. The van der Waals surface area contributed by atoms with E-state index in [9.17, 15) is 9.50 Å². The first-order valence-corrected chi connectivity index (χ1v) is 5.76. The third-order valence-corrected chi connectivity index (χ3v) is 4.06. The lowest BCUT2D eigenvalue weighted by Gasteiger charge is -2.16. The Balaban J connectivity index is 1.98. The van der Waals surface area contributed by atoms with Gasteiger partial charge in [0.2, 0.25) is 0 Å². The predicted octanol–water partition coefficient (Wildman–Crippen LogP) is 2.71. The minimum Gasteiger partial charge on any atom is -0.392 e. The summed E-state index contributed by atoms with van der Waals surface area (Å²) >= 11 is 1.67. The van der Waals surface area contributed by atoms with Crippen LogP contribution in [0.1, 0.15) is 23.8 Å². The number of aliphatic hydroxyl groups is 1. The molecule has 1 aromatic rings. The van der Waals surface area contributed by atoms with Gasteiger partial charge >= 0.3 is 0 Å². The number of aliphatic hydroxyl groups excluding tert-OH is 1. The van der Waals surface area contributed by atoms with Crippen molar-refractivity contribution in [1.82, 2.24) is 0 Å². The number of hydrogen-bond acceptors (Lipinski definition) is 2. The molecule has 1 fully saturated rings. The molecule has 1 saturated carbocycles. The monoisotopic (exact) mass is 214 g/mol. The molecular weight excluding hydrogens is 199 g/mol. The molecule has 0 aliphatic heterocycles. The zero-order valence-electron chi connectivity index (χ0n) is 8.46. The van der Waals surface area contributed by atoms with Crippen molar-refractivity contribution in [3.05, 3.63) is 21.9 Å². The number of hydrogen-bond donors (Lipinski definition) is 1. The van der Waals surface area contributed by atoms with E-state index in [1.807, 2.05) is 19.2 Å². The van der Waals surface area contributed by atoms with Crippen molar-refractivity contribution in [2.24, 2.45) is 5.41 Å². The molecule has 3 atom stereocenters. The first-order valence-electron chi connectivity index (χ1n) is 4.88. The minimum absolute atomic E-state index is 0.476. The van der Waals surface area contributed by atoms with Gasteiger partial charge in [-0.2, -0.15) is 0 Å². The lowest BCUT2D eigenvalue weighted by Crippen LogP contribution is -2.23. The van der Waals surface area contributed by atoms with E-state index in [-0.39, 0.29) is 0 Å². The van der Waals surface area contributed by atoms with E-state index in [4.69, 9.17) is 0 Å². The third kappa shape index (κ3) is 1.71. The standard InChI is InChI=1S/C11H15FOS/c1-7-3-8(6-14-7)4-10(13)11(2)5-9(11)12/h3,6,9-10,13H,4-5H2,1-2H3. The van der Waals surface area contributed by atoms with Gasteiger partial charge in [0.05, 0.1) is 6.10 Å². The van der Waals surface area contributed by atoms with Crippen molar-refractivity contribution in [3.63, 3.8) is 0 Å². The molecule has 78 valence electrons. The Bertz CT molecular complexity index is 336. The topological polar surface area (TPSA) is 20.2 Å². The van der Waals surface area contributed by atoms with Gasteiger partial charge in [0, 0.05) is 10.3 Å².